The molecule has 1 atom stereocenters. The Balaban J connectivity index is 1.53. The van der Waals surface area contributed by atoms with E-state index in [1.165, 1.54) is 11.8 Å². The Labute approximate surface area is 266 Å². The number of benzene rings is 3. The number of thioether (sulfide) groups is 1. The van der Waals surface area contributed by atoms with Crippen LogP contribution in [0.1, 0.15) is 27.5 Å². The predicted octanol–water partition coefficient (Wildman–Crippen LogP) is 5.75. The van der Waals surface area contributed by atoms with Crippen molar-refractivity contribution in [2.45, 2.75) is 18.7 Å². The molecule has 0 radical (unpaired) electrons. The molecule has 0 bridgehead atoms. The first-order valence-corrected chi connectivity index (χ1v) is 15.6. The molecule has 1 aliphatic rings. The third-order valence-corrected chi connectivity index (χ3v) is 8.86. The number of rotatable bonds is 9. The van der Waals surface area contributed by atoms with E-state index in [0.29, 0.717) is 23.9 Å². The summed E-state index contributed by atoms with van der Waals surface area (Å²) in [6.45, 7) is 2.15. The van der Waals surface area contributed by atoms with Crippen LogP contribution in [-0.2, 0) is 16.1 Å². The molecular weight excluding hydrogens is 586 g/mol. The number of ether oxygens (including phenoxy) is 2. The van der Waals surface area contributed by atoms with Gasteiger partial charge in [-0.25, -0.2) is 4.68 Å². The van der Waals surface area contributed by atoms with Gasteiger partial charge >= 0.3 is 0 Å². The SMILES string of the molecule is COc1ccc(C2SCC(=O)N(CC(=O)NCc3cccnc3)c3c2c(-c2ccccc2)nn3-c2cccc(C)c2)cc1OC. The molecule has 3 heterocycles. The van der Waals surface area contributed by atoms with Crippen LogP contribution in [0.3, 0.4) is 0 Å². The van der Waals surface area contributed by atoms with E-state index in [0.717, 1.165) is 39.2 Å². The molecule has 2 aromatic heterocycles. The second-order valence-electron chi connectivity index (χ2n) is 10.6. The van der Waals surface area contributed by atoms with Crippen molar-refractivity contribution in [3.63, 3.8) is 0 Å². The van der Waals surface area contributed by atoms with Crippen LogP contribution in [0, 0.1) is 6.92 Å². The Morgan fingerprint density at radius 1 is 0.978 bits per heavy atom. The van der Waals surface area contributed by atoms with E-state index >= 15 is 0 Å². The minimum absolute atomic E-state index is 0.158. The number of hydrogen-bond donors (Lipinski definition) is 1. The zero-order valence-corrected chi connectivity index (χ0v) is 26.1. The normalized spacial score (nSPS) is 14.4. The molecule has 0 saturated heterocycles. The summed E-state index contributed by atoms with van der Waals surface area (Å²) in [5, 5.41) is 7.82. The van der Waals surface area contributed by atoms with Crippen LogP contribution in [0.2, 0.25) is 0 Å². The van der Waals surface area contributed by atoms with Gasteiger partial charge in [-0.3, -0.25) is 19.5 Å². The molecule has 3 aromatic carbocycles. The highest BCUT2D eigenvalue weighted by atomic mass is 32.2. The van der Waals surface area contributed by atoms with Gasteiger partial charge in [-0.2, -0.15) is 5.10 Å². The van der Waals surface area contributed by atoms with Crippen molar-refractivity contribution in [2.24, 2.45) is 0 Å². The Bertz CT molecular complexity index is 1830. The fraction of sp³-hybridized carbons (Fsp3) is 0.200. The van der Waals surface area contributed by atoms with Crippen molar-refractivity contribution in [1.29, 1.82) is 0 Å². The van der Waals surface area contributed by atoms with E-state index in [-0.39, 0.29) is 29.4 Å². The van der Waals surface area contributed by atoms with E-state index < -0.39 is 0 Å². The summed E-state index contributed by atoms with van der Waals surface area (Å²) in [4.78, 5) is 33.2. The summed E-state index contributed by atoms with van der Waals surface area (Å²) >= 11 is 1.50. The summed E-state index contributed by atoms with van der Waals surface area (Å²) in [5.74, 6) is 1.45. The first-order valence-electron chi connectivity index (χ1n) is 14.5. The lowest BCUT2D eigenvalue weighted by molar-refractivity contribution is -0.123. The lowest BCUT2D eigenvalue weighted by Gasteiger charge is -2.23. The van der Waals surface area contributed by atoms with E-state index in [1.807, 2.05) is 91.9 Å². The van der Waals surface area contributed by atoms with Crippen LogP contribution < -0.4 is 19.7 Å². The summed E-state index contributed by atoms with van der Waals surface area (Å²) in [6, 6.07) is 27.4. The van der Waals surface area contributed by atoms with Crippen molar-refractivity contribution in [1.82, 2.24) is 20.1 Å². The summed E-state index contributed by atoms with van der Waals surface area (Å²) in [6.07, 6.45) is 3.39. The number of anilines is 1. The fourth-order valence-electron chi connectivity index (χ4n) is 5.45. The molecule has 1 unspecified atom stereocenters. The van der Waals surface area contributed by atoms with E-state index in [2.05, 4.69) is 10.3 Å². The highest BCUT2D eigenvalue weighted by Crippen LogP contribution is 2.49. The summed E-state index contributed by atoms with van der Waals surface area (Å²) in [7, 11) is 3.21. The summed E-state index contributed by atoms with van der Waals surface area (Å²) in [5.41, 5.74) is 6.11. The number of aryl methyl sites for hydroxylation is 1. The van der Waals surface area contributed by atoms with Gasteiger partial charge in [0.05, 0.1) is 36.6 Å². The number of carbonyl (C=O) groups is 2. The Morgan fingerprint density at radius 3 is 2.53 bits per heavy atom. The molecule has 0 aliphatic carbocycles. The average Bonchev–Trinajstić information content (AvgIpc) is 3.40. The van der Waals surface area contributed by atoms with Crippen molar-refractivity contribution in [3.8, 4) is 28.4 Å². The minimum atomic E-state index is -0.305. The van der Waals surface area contributed by atoms with Gasteiger partial charge in [0.2, 0.25) is 11.8 Å². The molecule has 0 fully saturated rings. The molecule has 2 amide bonds. The van der Waals surface area contributed by atoms with Gasteiger partial charge < -0.3 is 14.8 Å². The smallest absolute Gasteiger partial charge is 0.240 e. The van der Waals surface area contributed by atoms with Crippen molar-refractivity contribution in [3.05, 3.63) is 120 Å². The van der Waals surface area contributed by atoms with Crippen molar-refractivity contribution >= 4 is 29.4 Å². The number of amides is 2. The zero-order valence-electron chi connectivity index (χ0n) is 25.3. The highest BCUT2D eigenvalue weighted by Gasteiger charge is 2.38. The Kier molecular flexibility index (Phi) is 8.84. The quantitative estimate of drug-likeness (QED) is 0.225. The molecule has 0 spiro atoms. The maximum atomic E-state index is 14.0. The van der Waals surface area contributed by atoms with Crippen LogP contribution in [0.4, 0.5) is 5.82 Å². The van der Waals surface area contributed by atoms with E-state index in [1.54, 1.807) is 36.2 Å². The molecule has 45 heavy (non-hydrogen) atoms. The molecule has 5 aromatic rings. The molecule has 9 nitrogen and oxygen atoms in total. The lowest BCUT2D eigenvalue weighted by atomic mass is 9.99. The Hall–Kier alpha value is -5.09. The monoisotopic (exact) mass is 619 g/mol. The minimum Gasteiger partial charge on any atom is -0.493 e. The standard InChI is InChI=1S/C35H33N5O4S/c1-23-9-7-13-27(17-23)40-35-32(33(38-40)25-11-5-4-6-12-25)34(26-14-15-28(43-2)29(18-26)44-3)45-22-31(42)39(35)21-30(41)37-20-24-10-8-16-36-19-24/h4-19,34H,20-22H2,1-3H3,(H,37,41). The van der Waals surface area contributed by atoms with Gasteiger partial charge in [0.1, 0.15) is 12.4 Å². The van der Waals surface area contributed by atoms with E-state index in [9.17, 15) is 9.59 Å². The number of carbonyl (C=O) groups excluding carboxylic acids is 2. The second-order valence-corrected chi connectivity index (χ2v) is 11.7. The molecule has 0 saturated carbocycles. The van der Waals surface area contributed by atoms with Gasteiger partial charge in [0, 0.05) is 30.1 Å². The molecule has 6 rings (SSSR count). The van der Waals surface area contributed by atoms with Crippen LogP contribution in [0.5, 0.6) is 11.5 Å². The third-order valence-electron chi connectivity index (χ3n) is 7.61. The second kappa shape index (κ2) is 13.3. The largest absolute Gasteiger partial charge is 0.493 e. The fourth-order valence-corrected chi connectivity index (χ4v) is 6.64. The van der Waals surface area contributed by atoms with Gasteiger partial charge in [0.15, 0.2) is 11.5 Å². The first kappa shape index (κ1) is 30.0. The van der Waals surface area contributed by atoms with Crippen molar-refractivity contribution in [2.75, 3.05) is 31.4 Å². The number of pyridine rings is 1. The molecule has 228 valence electrons. The summed E-state index contributed by atoms with van der Waals surface area (Å²) < 4.78 is 13.0. The third kappa shape index (κ3) is 6.28. The maximum absolute atomic E-state index is 14.0. The lowest BCUT2D eigenvalue weighted by Crippen LogP contribution is -2.42. The van der Waals surface area contributed by atoms with Crippen LogP contribution in [0.25, 0.3) is 16.9 Å². The van der Waals surface area contributed by atoms with Gasteiger partial charge in [0.25, 0.3) is 0 Å². The molecule has 1 aliphatic heterocycles. The predicted molar refractivity (Wildman–Crippen MR) is 176 cm³/mol. The van der Waals surface area contributed by atoms with Crippen molar-refractivity contribution < 1.29 is 19.1 Å². The van der Waals surface area contributed by atoms with Crippen LogP contribution in [0.15, 0.2) is 97.3 Å². The number of nitrogens with zero attached hydrogens (tertiary/aromatic N) is 4. The van der Waals surface area contributed by atoms with Gasteiger partial charge in [-0.1, -0.05) is 54.6 Å². The maximum Gasteiger partial charge on any atom is 0.240 e. The van der Waals surface area contributed by atoms with Crippen LogP contribution >= 0.6 is 11.8 Å². The Morgan fingerprint density at radius 2 is 1.80 bits per heavy atom. The average molecular weight is 620 g/mol. The molecule has 1 N–H and O–H groups in total. The number of hydrogen-bond acceptors (Lipinski definition) is 7. The first-order chi connectivity index (χ1) is 22.0. The highest BCUT2D eigenvalue weighted by molar-refractivity contribution is 8.00. The van der Waals surface area contributed by atoms with Gasteiger partial charge in [-0.05, 0) is 53.9 Å². The zero-order chi connectivity index (χ0) is 31.3. The van der Waals surface area contributed by atoms with Crippen LogP contribution in [-0.4, -0.2) is 53.1 Å². The number of nitrogens with one attached hydrogen (secondary N) is 1. The number of aromatic nitrogens is 3. The number of fused-ring (bicyclic) bond motifs is 1. The van der Waals surface area contributed by atoms with Gasteiger partial charge in [-0.15, -0.1) is 11.8 Å². The van der Waals surface area contributed by atoms with E-state index in [4.69, 9.17) is 14.6 Å². The topological polar surface area (TPSA) is 98.6 Å². The molecule has 10 heteroatoms. The molecular formula is C35H33N5O4S. The number of methoxy groups -OCH3 is 2.